The Bertz CT molecular complexity index is 535. The van der Waals surface area contributed by atoms with Crippen LogP contribution in [0.2, 0.25) is 0 Å². The fourth-order valence-corrected chi connectivity index (χ4v) is 1.96. The lowest BCUT2D eigenvalue weighted by Crippen LogP contribution is -2.12. The van der Waals surface area contributed by atoms with Crippen LogP contribution in [0.25, 0.3) is 0 Å². The molecule has 2 rings (SSSR count). The number of hydrogen-bond donors (Lipinski definition) is 1. The molecule has 0 saturated carbocycles. The highest BCUT2D eigenvalue weighted by Gasteiger charge is 2.05. The summed E-state index contributed by atoms with van der Waals surface area (Å²) in [5.74, 6) is 0.817. The molecule has 1 amide bonds. The van der Waals surface area contributed by atoms with Gasteiger partial charge in [0, 0.05) is 23.0 Å². The van der Waals surface area contributed by atoms with Gasteiger partial charge in [-0.3, -0.25) is 4.79 Å². The van der Waals surface area contributed by atoms with E-state index in [1.54, 1.807) is 6.26 Å². The number of carbonyl (C=O) groups excluding carboxylic acids is 1. The first-order valence-corrected chi connectivity index (χ1v) is 6.53. The zero-order valence-electron chi connectivity index (χ0n) is 10.1. The normalized spacial score (nSPS) is 10.3. The zero-order valence-corrected chi connectivity index (χ0v) is 11.7. The number of anilines is 1. The van der Waals surface area contributed by atoms with Gasteiger partial charge in [0.25, 0.3) is 0 Å². The zero-order chi connectivity index (χ0) is 13.0. The van der Waals surface area contributed by atoms with E-state index >= 15 is 0 Å². The van der Waals surface area contributed by atoms with Crippen molar-refractivity contribution in [2.24, 2.45) is 0 Å². The van der Waals surface area contributed by atoms with Crippen LogP contribution in [0.5, 0.6) is 0 Å². The van der Waals surface area contributed by atoms with Crippen LogP contribution in [0.1, 0.15) is 17.7 Å². The molecule has 0 unspecified atom stereocenters. The highest BCUT2D eigenvalue weighted by atomic mass is 79.9. The van der Waals surface area contributed by atoms with Crippen LogP contribution in [0.15, 0.2) is 45.5 Å². The maximum absolute atomic E-state index is 11.7. The standard InChI is InChI=1S/C14H14BrNO2/c1-10-4-5-11(9-13(10)15)16-14(17)7-6-12-3-2-8-18-12/h2-5,8-9H,6-7H2,1H3,(H,16,17). The molecule has 0 radical (unpaired) electrons. The number of rotatable bonds is 4. The van der Waals surface area contributed by atoms with Gasteiger partial charge in [0.15, 0.2) is 0 Å². The number of furan rings is 1. The average molecular weight is 308 g/mol. The molecule has 1 N–H and O–H groups in total. The molecule has 1 aromatic carbocycles. The van der Waals surface area contributed by atoms with Gasteiger partial charge >= 0.3 is 0 Å². The van der Waals surface area contributed by atoms with Crippen molar-refractivity contribution in [3.05, 3.63) is 52.4 Å². The van der Waals surface area contributed by atoms with Gasteiger partial charge in [0.1, 0.15) is 5.76 Å². The van der Waals surface area contributed by atoms with Crippen molar-refractivity contribution in [3.63, 3.8) is 0 Å². The number of nitrogens with one attached hydrogen (secondary N) is 1. The number of amides is 1. The lowest BCUT2D eigenvalue weighted by molar-refractivity contribution is -0.116. The Morgan fingerprint density at radius 2 is 2.22 bits per heavy atom. The lowest BCUT2D eigenvalue weighted by atomic mass is 10.2. The van der Waals surface area contributed by atoms with Crippen molar-refractivity contribution in [1.82, 2.24) is 0 Å². The van der Waals surface area contributed by atoms with Gasteiger partial charge in [-0.25, -0.2) is 0 Å². The van der Waals surface area contributed by atoms with Gasteiger partial charge in [-0.1, -0.05) is 22.0 Å². The summed E-state index contributed by atoms with van der Waals surface area (Å²) in [5, 5.41) is 2.86. The monoisotopic (exact) mass is 307 g/mol. The molecule has 2 aromatic rings. The molecule has 1 heterocycles. The van der Waals surface area contributed by atoms with Crippen LogP contribution < -0.4 is 5.32 Å². The van der Waals surface area contributed by atoms with E-state index in [2.05, 4.69) is 21.2 Å². The average Bonchev–Trinajstić information content (AvgIpc) is 2.84. The first-order chi connectivity index (χ1) is 8.65. The van der Waals surface area contributed by atoms with E-state index < -0.39 is 0 Å². The smallest absolute Gasteiger partial charge is 0.224 e. The van der Waals surface area contributed by atoms with Crippen molar-refractivity contribution in [2.75, 3.05) is 5.32 Å². The van der Waals surface area contributed by atoms with Gasteiger partial charge in [0.2, 0.25) is 5.91 Å². The summed E-state index contributed by atoms with van der Waals surface area (Å²) in [6, 6.07) is 9.46. The topological polar surface area (TPSA) is 42.2 Å². The predicted molar refractivity (Wildman–Crippen MR) is 74.5 cm³/mol. The second-order valence-electron chi connectivity index (χ2n) is 4.09. The Morgan fingerprint density at radius 3 is 2.89 bits per heavy atom. The quantitative estimate of drug-likeness (QED) is 0.930. The summed E-state index contributed by atoms with van der Waals surface area (Å²) in [7, 11) is 0. The molecule has 1 aromatic heterocycles. The minimum Gasteiger partial charge on any atom is -0.469 e. The van der Waals surface area contributed by atoms with E-state index in [-0.39, 0.29) is 5.91 Å². The fourth-order valence-electron chi connectivity index (χ4n) is 1.59. The van der Waals surface area contributed by atoms with Crippen LogP contribution in [0, 0.1) is 6.92 Å². The Kier molecular flexibility index (Phi) is 4.20. The lowest BCUT2D eigenvalue weighted by Gasteiger charge is -2.06. The second-order valence-corrected chi connectivity index (χ2v) is 4.95. The third-order valence-corrected chi connectivity index (χ3v) is 3.49. The molecular formula is C14H14BrNO2. The van der Waals surface area contributed by atoms with Crippen molar-refractivity contribution in [1.29, 1.82) is 0 Å². The number of benzene rings is 1. The molecule has 3 nitrogen and oxygen atoms in total. The molecule has 0 aliphatic heterocycles. The molecular weight excluding hydrogens is 294 g/mol. The summed E-state index contributed by atoms with van der Waals surface area (Å²) >= 11 is 3.44. The molecule has 18 heavy (non-hydrogen) atoms. The Hall–Kier alpha value is -1.55. The molecule has 0 aliphatic carbocycles. The summed E-state index contributed by atoms with van der Waals surface area (Å²) in [4.78, 5) is 11.7. The first kappa shape index (κ1) is 12.9. The largest absolute Gasteiger partial charge is 0.469 e. The minimum atomic E-state index is -0.0119. The van der Waals surface area contributed by atoms with Crippen molar-refractivity contribution in [3.8, 4) is 0 Å². The van der Waals surface area contributed by atoms with Gasteiger partial charge in [-0.15, -0.1) is 0 Å². The Balaban J connectivity index is 1.88. The van der Waals surface area contributed by atoms with Gasteiger partial charge < -0.3 is 9.73 Å². The Labute approximate surface area is 114 Å². The number of aryl methyl sites for hydroxylation is 2. The van der Waals surface area contributed by atoms with Crippen LogP contribution in [-0.4, -0.2) is 5.91 Å². The number of carbonyl (C=O) groups is 1. The molecule has 4 heteroatoms. The third-order valence-electron chi connectivity index (χ3n) is 2.63. The molecule has 0 saturated heterocycles. The van der Waals surface area contributed by atoms with Gasteiger partial charge in [0.05, 0.1) is 6.26 Å². The number of hydrogen-bond acceptors (Lipinski definition) is 2. The summed E-state index contributed by atoms with van der Waals surface area (Å²) < 4.78 is 6.17. The van der Waals surface area contributed by atoms with Crippen molar-refractivity contribution in [2.45, 2.75) is 19.8 Å². The number of halogens is 1. The van der Waals surface area contributed by atoms with E-state index in [0.29, 0.717) is 12.8 Å². The maximum Gasteiger partial charge on any atom is 0.224 e. The summed E-state index contributed by atoms with van der Waals surface area (Å²) in [5.41, 5.74) is 1.94. The minimum absolute atomic E-state index is 0.0119. The van der Waals surface area contributed by atoms with Crippen LogP contribution in [-0.2, 0) is 11.2 Å². The highest BCUT2D eigenvalue weighted by Crippen LogP contribution is 2.20. The fraction of sp³-hybridized carbons (Fsp3) is 0.214. The molecule has 0 spiro atoms. The first-order valence-electron chi connectivity index (χ1n) is 5.73. The van der Waals surface area contributed by atoms with Crippen molar-refractivity contribution < 1.29 is 9.21 Å². The van der Waals surface area contributed by atoms with Crippen LogP contribution in [0.4, 0.5) is 5.69 Å². The van der Waals surface area contributed by atoms with E-state index in [4.69, 9.17) is 4.42 Å². The SMILES string of the molecule is Cc1ccc(NC(=O)CCc2ccco2)cc1Br. The second kappa shape index (κ2) is 5.87. The summed E-state index contributed by atoms with van der Waals surface area (Å²) in [6.45, 7) is 2.01. The van der Waals surface area contributed by atoms with E-state index in [1.165, 1.54) is 0 Å². The third kappa shape index (κ3) is 3.47. The Morgan fingerprint density at radius 1 is 1.39 bits per heavy atom. The van der Waals surface area contributed by atoms with Crippen molar-refractivity contribution >= 4 is 27.5 Å². The van der Waals surface area contributed by atoms with Gasteiger partial charge in [-0.05, 0) is 36.8 Å². The molecule has 0 aliphatic rings. The molecule has 0 atom stereocenters. The van der Waals surface area contributed by atoms with E-state index in [9.17, 15) is 4.79 Å². The molecule has 0 fully saturated rings. The molecule has 94 valence electrons. The van der Waals surface area contributed by atoms with E-state index in [1.807, 2.05) is 37.3 Å². The molecule has 0 bridgehead atoms. The van der Waals surface area contributed by atoms with Crippen LogP contribution in [0.3, 0.4) is 0 Å². The predicted octanol–water partition coefficient (Wildman–Crippen LogP) is 3.92. The maximum atomic E-state index is 11.7. The van der Waals surface area contributed by atoms with E-state index in [0.717, 1.165) is 21.5 Å². The highest BCUT2D eigenvalue weighted by molar-refractivity contribution is 9.10. The van der Waals surface area contributed by atoms with Crippen LogP contribution >= 0.6 is 15.9 Å². The van der Waals surface area contributed by atoms with Gasteiger partial charge in [-0.2, -0.15) is 0 Å². The summed E-state index contributed by atoms with van der Waals surface area (Å²) in [6.07, 6.45) is 2.65.